The maximum Gasteiger partial charge on any atom is 0.418 e. The van der Waals surface area contributed by atoms with Gasteiger partial charge in [0.2, 0.25) is 0 Å². The number of nitrogens with zero attached hydrogens (tertiary/aromatic N) is 3. The van der Waals surface area contributed by atoms with E-state index in [1.165, 1.54) is 18.2 Å². The minimum absolute atomic E-state index is 0.0613. The van der Waals surface area contributed by atoms with Crippen LogP contribution in [-0.4, -0.2) is 15.0 Å². The molecule has 2 heterocycles. The SMILES string of the molecule is Cc1nc(NCc2ccccn2)cc(Nc2ccccc2C(F)(F)F)n1. The quantitative estimate of drug-likeness (QED) is 0.699. The smallest absolute Gasteiger partial charge is 0.364 e. The lowest BCUT2D eigenvalue weighted by Gasteiger charge is -2.15. The van der Waals surface area contributed by atoms with Crippen LogP contribution in [0.2, 0.25) is 0 Å². The first-order valence-electron chi connectivity index (χ1n) is 7.84. The average Bonchev–Trinajstić information content (AvgIpc) is 2.60. The van der Waals surface area contributed by atoms with E-state index in [2.05, 4.69) is 25.6 Å². The predicted molar refractivity (Wildman–Crippen MR) is 93.1 cm³/mol. The van der Waals surface area contributed by atoms with E-state index in [-0.39, 0.29) is 11.5 Å². The molecule has 2 aromatic heterocycles. The highest BCUT2D eigenvalue weighted by atomic mass is 19.4. The van der Waals surface area contributed by atoms with Gasteiger partial charge in [0, 0.05) is 12.3 Å². The fourth-order valence-electron chi connectivity index (χ4n) is 2.38. The van der Waals surface area contributed by atoms with Crippen molar-refractivity contribution in [2.75, 3.05) is 10.6 Å². The molecule has 134 valence electrons. The number of aryl methyl sites for hydroxylation is 1. The predicted octanol–water partition coefficient (Wildman–Crippen LogP) is 4.55. The second-order valence-electron chi connectivity index (χ2n) is 5.53. The fraction of sp³-hybridized carbons (Fsp3) is 0.167. The Morgan fingerprint density at radius 2 is 1.69 bits per heavy atom. The van der Waals surface area contributed by atoms with E-state index in [1.807, 2.05) is 18.2 Å². The first kappa shape index (κ1) is 17.7. The standard InChI is InChI=1S/C18H16F3N5/c1-12-24-16(23-11-13-6-4-5-9-22-13)10-17(25-12)26-15-8-3-2-7-14(15)18(19,20)21/h2-10H,11H2,1H3,(H2,23,24,25,26). The van der Waals surface area contributed by atoms with Crippen LogP contribution in [0.15, 0.2) is 54.7 Å². The molecule has 2 N–H and O–H groups in total. The molecule has 0 unspecified atom stereocenters. The van der Waals surface area contributed by atoms with E-state index in [1.54, 1.807) is 19.2 Å². The van der Waals surface area contributed by atoms with Gasteiger partial charge in [-0.1, -0.05) is 18.2 Å². The Morgan fingerprint density at radius 1 is 0.962 bits per heavy atom. The van der Waals surface area contributed by atoms with Crippen molar-refractivity contribution in [3.63, 3.8) is 0 Å². The molecule has 26 heavy (non-hydrogen) atoms. The molecular weight excluding hydrogens is 343 g/mol. The van der Waals surface area contributed by atoms with Crippen molar-refractivity contribution in [1.29, 1.82) is 0 Å². The fourth-order valence-corrected chi connectivity index (χ4v) is 2.38. The van der Waals surface area contributed by atoms with Crippen molar-refractivity contribution in [1.82, 2.24) is 15.0 Å². The normalized spacial score (nSPS) is 11.2. The molecule has 0 saturated carbocycles. The number of benzene rings is 1. The number of rotatable bonds is 5. The molecule has 0 fully saturated rings. The number of nitrogens with one attached hydrogen (secondary N) is 2. The van der Waals surface area contributed by atoms with Crippen LogP contribution in [0.5, 0.6) is 0 Å². The molecule has 0 saturated heterocycles. The van der Waals surface area contributed by atoms with Crippen LogP contribution in [0, 0.1) is 6.92 Å². The monoisotopic (exact) mass is 359 g/mol. The Hall–Kier alpha value is -3.16. The van der Waals surface area contributed by atoms with Crippen LogP contribution in [0.4, 0.5) is 30.5 Å². The number of pyridine rings is 1. The lowest BCUT2D eigenvalue weighted by molar-refractivity contribution is -0.136. The molecular formula is C18H16F3N5. The molecule has 5 nitrogen and oxygen atoms in total. The molecule has 0 amide bonds. The third kappa shape index (κ3) is 4.47. The van der Waals surface area contributed by atoms with Crippen molar-refractivity contribution < 1.29 is 13.2 Å². The minimum Gasteiger partial charge on any atom is -0.364 e. The van der Waals surface area contributed by atoms with Gasteiger partial charge in [-0.2, -0.15) is 13.2 Å². The molecule has 8 heteroatoms. The summed E-state index contributed by atoms with van der Waals surface area (Å²) in [6.07, 6.45) is -2.77. The summed E-state index contributed by atoms with van der Waals surface area (Å²) in [4.78, 5) is 12.6. The van der Waals surface area contributed by atoms with Crippen molar-refractivity contribution in [3.8, 4) is 0 Å². The summed E-state index contributed by atoms with van der Waals surface area (Å²) >= 11 is 0. The number of hydrogen-bond acceptors (Lipinski definition) is 5. The highest BCUT2D eigenvalue weighted by Crippen LogP contribution is 2.35. The number of aromatic nitrogens is 3. The van der Waals surface area contributed by atoms with Gasteiger partial charge in [-0.25, -0.2) is 9.97 Å². The van der Waals surface area contributed by atoms with Gasteiger partial charge < -0.3 is 10.6 Å². The zero-order valence-electron chi connectivity index (χ0n) is 13.9. The van der Waals surface area contributed by atoms with Crippen molar-refractivity contribution in [2.45, 2.75) is 19.6 Å². The van der Waals surface area contributed by atoms with E-state index in [0.717, 1.165) is 11.8 Å². The maximum atomic E-state index is 13.1. The summed E-state index contributed by atoms with van der Waals surface area (Å²) in [6, 6.07) is 12.4. The molecule has 1 aromatic carbocycles. The van der Waals surface area contributed by atoms with E-state index in [9.17, 15) is 13.2 Å². The number of hydrogen-bond donors (Lipinski definition) is 2. The maximum absolute atomic E-state index is 13.1. The van der Waals surface area contributed by atoms with E-state index in [0.29, 0.717) is 18.2 Å². The number of alkyl halides is 3. The third-order valence-electron chi connectivity index (χ3n) is 3.51. The zero-order valence-corrected chi connectivity index (χ0v) is 13.9. The van der Waals surface area contributed by atoms with Gasteiger partial charge in [-0.05, 0) is 31.2 Å². The summed E-state index contributed by atoms with van der Waals surface area (Å²) < 4.78 is 39.4. The molecule has 0 aliphatic heterocycles. The summed E-state index contributed by atoms with van der Waals surface area (Å²) in [5.74, 6) is 1.20. The number of anilines is 3. The van der Waals surface area contributed by atoms with E-state index >= 15 is 0 Å². The van der Waals surface area contributed by atoms with Crippen LogP contribution >= 0.6 is 0 Å². The largest absolute Gasteiger partial charge is 0.418 e. The molecule has 0 spiro atoms. The second kappa shape index (κ2) is 7.38. The van der Waals surface area contributed by atoms with Crippen LogP contribution in [0.1, 0.15) is 17.1 Å². The molecule has 0 radical (unpaired) electrons. The van der Waals surface area contributed by atoms with Gasteiger partial charge in [0.05, 0.1) is 23.5 Å². The van der Waals surface area contributed by atoms with Crippen molar-refractivity contribution in [3.05, 3.63) is 71.8 Å². The number of para-hydroxylation sites is 1. The molecule has 0 aliphatic carbocycles. The third-order valence-corrected chi connectivity index (χ3v) is 3.51. The van der Waals surface area contributed by atoms with Crippen molar-refractivity contribution in [2.24, 2.45) is 0 Å². The molecule has 0 atom stereocenters. The van der Waals surface area contributed by atoms with Gasteiger partial charge in [-0.15, -0.1) is 0 Å². The van der Waals surface area contributed by atoms with Crippen molar-refractivity contribution >= 4 is 17.3 Å². The lowest BCUT2D eigenvalue weighted by atomic mass is 10.1. The summed E-state index contributed by atoms with van der Waals surface area (Å²) in [6.45, 7) is 2.11. The Labute approximate surface area is 148 Å². The van der Waals surface area contributed by atoms with Gasteiger partial charge in [-0.3, -0.25) is 4.98 Å². The van der Waals surface area contributed by atoms with E-state index < -0.39 is 11.7 Å². The molecule has 3 rings (SSSR count). The zero-order chi connectivity index (χ0) is 18.6. The highest BCUT2D eigenvalue weighted by molar-refractivity contribution is 5.63. The van der Waals surface area contributed by atoms with Crippen LogP contribution in [0.25, 0.3) is 0 Å². The summed E-state index contributed by atoms with van der Waals surface area (Å²) in [5, 5.41) is 5.83. The van der Waals surface area contributed by atoms with Gasteiger partial charge >= 0.3 is 6.18 Å². The lowest BCUT2D eigenvalue weighted by Crippen LogP contribution is -2.10. The van der Waals surface area contributed by atoms with Crippen LogP contribution in [0.3, 0.4) is 0 Å². The molecule has 0 bridgehead atoms. The highest BCUT2D eigenvalue weighted by Gasteiger charge is 2.33. The Balaban J connectivity index is 1.80. The van der Waals surface area contributed by atoms with Crippen LogP contribution < -0.4 is 10.6 Å². The molecule has 0 aliphatic rings. The number of halogens is 3. The Bertz CT molecular complexity index is 881. The Morgan fingerprint density at radius 3 is 2.42 bits per heavy atom. The first-order chi connectivity index (χ1) is 12.4. The Kier molecular flexibility index (Phi) is 5.01. The van der Waals surface area contributed by atoms with Gasteiger partial charge in [0.25, 0.3) is 0 Å². The van der Waals surface area contributed by atoms with Crippen LogP contribution in [-0.2, 0) is 12.7 Å². The molecule has 3 aromatic rings. The van der Waals surface area contributed by atoms with E-state index in [4.69, 9.17) is 0 Å². The first-order valence-corrected chi connectivity index (χ1v) is 7.84. The van der Waals surface area contributed by atoms with Gasteiger partial charge in [0.15, 0.2) is 0 Å². The second-order valence-corrected chi connectivity index (χ2v) is 5.53. The van der Waals surface area contributed by atoms with Gasteiger partial charge in [0.1, 0.15) is 17.5 Å². The summed E-state index contributed by atoms with van der Waals surface area (Å²) in [5.41, 5.74) is 0.00808. The summed E-state index contributed by atoms with van der Waals surface area (Å²) in [7, 11) is 0. The topological polar surface area (TPSA) is 62.7 Å². The average molecular weight is 359 g/mol. The minimum atomic E-state index is -4.45.